The second-order valence-corrected chi connectivity index (χ2v) is 3.56. The molecule has 0 amide bonds. The van der Waals surface area contributed by atoms with Gasteiger partial charge in [-0.3, -0.25) is 0 Å². The summed E-state index contributed by atoms with van der Waals surface area (Å²) in [4.78, 5) is 0. The Kier molecular flexibility index (Phi) is 3.61. The molecule has 4 heteroatoms. The molecule has 1 aromatic rings. The van der Waals surface area contributed by atoms with Crippen LogP contribution in [0, 0.1) is 0 Å². The lowest BCUT2D eigenvalue weighted by Crippen LogP contribution is -2.10. The number of hydrogen-bond donors (Lipinski definition) is 2. The highest BCUT2D eigenvalue weighted by molar-refractivity contribution is 6.32. The van der Waals surface area contributed by atoms with Crippen LogP contribution in [0.3, 0.4) is 0 Å². The van der Waals surface area contributed by atoms with Crippen molar-refractivity contribution in [3.8, 4) is 11.5 Å². The van der Waals surface area contributed by atoms with E-state index in [0.717, 1.165) is 5.56 Å². The van der Waals surface area contributed by atoms with Gasteiger partial charge in [0, 0.05) is 5.56 Å². The Morgan fingerprint density at radius 1 is 1.57 bits per heavy atom. The number of rotatable bonds is 3. The number of aromatic hydroxyl groups is 1. The van der Waals surface area contributed by atoms with Gasteiger partial charge in [-0.15, -0.1) is 0 Å². The highest BCUT2D eigenvalue weighted by Gasteiger charge is 2.15. The van der Waals surface area contributed by atoms with Crippen LogP contribution in [0.2, 0.25) is 5.02 Å². The molecule has 1 atom stereocenters. The summed E-state index contributed by atoms with van der Waals surface area (Å²) in [5.74, 6) is 0.524. The zero-order valence-electron chi connectivity index (χ0n) is 8.25. The normalized spacial score (nSPS) is 12.6. The lowest BCUT2D eigenvalue weighted by atomic mass is 10.00. The summed E-state index contributed by atoms with van der Waals surface area (Å²) >= 11 is 5.75. The van der Waals surface area contributed by atoms with Crippen LogP contribution in [-0.2, 0) is 0 Å². The van der Waals surface area contributed by atoms with Crippen LogP contribution < -0.4 is 10.5 Å². The van der Waals surface area contributed by atoms with Crippen LogP contribution in [0.25, 0.3) is 0 Å². The van der Waals surface area contributed by atoms with Crippen molar-refractivity contribution in [2.75, 3.05) is 13.7 Å². The van der Waals surface area contributed by atoms with Crippen LogP contribution in [-0.4, -0.2) is 18.8 Å². The molecule has 0 radical (unpaired) electrons. The molecule has 0 aliphatic carbocycles. The van der Waals surface area contributed by atoms with Gasteiger partial charge in [0.15, 0.2) is 11.5 Å². The topological polar surface area (TPSA) is 55.5 Å². The highest BCUT2D eigenvalue weighted by atomic mass is 35.5. The smallest absolute Gasteiger partial charge is 0.177 e. The standard InChI is InChI=1S/C10H14ClNO2/c1-6(5-12)7-3-4-8(11)9(13)10(7)14-2/h3-4,6,13H,5,12H2,1-2H3. The molecule has 1 rings (SSSR count). The fraction of sp³-hybridized carbons (Fsp3) is 0.400. The molecule has 0 saturated carbocycles. The minimum atomic E-state index is -0.0213. The average molecular weight is 216 g/mol. The number of nitrogens with two attached hydrogens (primary N) is 1. The van der Waals surface area contributed by atoms with Crippen molar-refractivity contribution in [3.05, 3.63) is 22.7 Å². The van der Waals surface area contributed by atoms with Crippen molar-refractivity contribution in [2.24, 2.45) is 5.73 Å². The Morgan fingerprint density at radius 2 is 2.21 bits per heavy atom. The van der Waals surface area contributed by atoms with Crippen LogP contribution in [0.15, 0.2) is 12.1 Å². The van der Waals surface area contributed by atoms with E-state index in [-0.39, 0.29) is 16.7 Å². The molecular formula is C10H14ClNO2. The molecule has 0 aliphatic heterocycles. The zero-order chi connectivity index (χ0) is 10.7. The van der Waals surface area contributed by atoms with E-state index >= 15 is 0 Å². The molecule has 0 spiro atoms. The Balaban J connectivity index is 3.23. The van der Waals surface area contributed by atoms with Gasteiger partial charge in [-0.05, 0) is 18.5 Å². The molecule has 0 aromatic heterocycles. The van der Waals surface area contributed by atoms with Gasteiger partial charge in [-0.25, -0.2) is 0 Å². The van der Waals surface area contributed by atoms with E-state index in [2.05, 4.69) is 0 Å². The van der Waals surface area contributed by atoms with Crippen LogP contribution in [0.4, 0.5) is 0 Å². The van der Waals surface area contributed by atoms with E-state index in [0.29, 0.717) is 12.3 Å². The molecule has 0 heterocycles. The van der Waals surface area contributed by atoms with Crippen molar-refractivity contribution in [3.63, 3.8) is 0 Å². The molecule has 0 fully saturated rings. The first kappa shape index (κ1) is 11.1. The van der Waals surface area contributed by atoms with Crippen LogP contribution in [0.1, 0.15) is 18.4 Å². The Labute approximate surface area is 88.4 Å². The van der Waals surface area contributed by atoms with E-state index in [1.54, 1.807) is 6.07 Å². The Bertz CT molecular complexity index is 328. The summed E-state index contributed by atoms with van der Waals surface area (Å²) in [5.41, 5.74) is 6.42. The van der Waals surface area contributed by atoms with Gasteiger partial charge in [0.1, 0.15) is 0 Å². The maximum atomic E-state index is 9.63. The van der Waals surface area contributed by atoms with E-state index in [1.165, 1.54) is 7.11 Å². The minimum absolute atomic E-state index is 0.0213. The number of hydrogen-bond acceptors (Lipinski definition) is 3. The van der Waals surface area contributed by atoms with Crippen molar-refractivity contribution in [1.82, 2.24) is 0 Å². The maximum Gasteiger partial charge on any atom is 0.177 e. The van der Waals surface area contributed by atoms with Gasteiger partial charge in [0.25, 0.3) is 0 Å². The van der Waals surface area contributed by atoms with E-state index in [4.69, 9.17) is 22.1 Å². The molecular weight excluding hydrogens is 202 g/mol. The van der Waals surface area contributed by atoms with Crippen molar-refractivity contribution in [1.29, 1.82) is 0 Å². The van der Waals surface area contributed by atoms with Crippen molar-refractivity contribution < 1.29 is 9.84 Å². The maximum absolute atomic E-state index is 9.63. The number of halogens is 1. The number of phenolic OH excluding ortho intramolecular Hbond substituents is 1. The first-order valence-electron chi connectivity index (χ1n) is 4.37. The third-order valence-electron chi connectivity index (χ3n) is 2.20. The van der Waals surface area contributed by atoms with E-state index in [1.807, 2.05) is 13.0 Å². The molecule has 0 bridgehead atoms. The fourth-order valence-electron chi connectivity index (χ4n) is 1.29. The van der Waals surface area contributed by atoms with Crippen LogP contribution in [0.5, 0.6) is 11.5 Å². The summed E-state index contributed by atoms with van der Waals surface area (Å²) in [6.07, 6.45) is 0. The summed E-state index contributed by atoms with van der Waals surface area (Å²) < 4.78 is 5.09. The van der Waals surface area contributed by atoms with E-state index in [9.17, 15) is 5.11 Å². The van der Waals surface area contributed by atoms with Gasteiger partial charge in [0.2, 0.25) is 0 Å². The first-order valence-corrected chi connectivity index (χ1v) is 4.75. The quantitative estimate of drug-likeness (QED) is 0.812. The lowest BCUT2D eigenvalue weighted by molar-refractivity contribution is 0.367. The number of phenols is 1. The lowest BCUT2D eigenvalue weighted by Gasteiger charge is -2.15. The van der Waals surface area contributed by atoms with Gasteiger partial charge in [-0.1, -0.05) is 24.6 Å². The van der Waals surface area contributed by atoms with E-state index < -0.39 is 0 Å². The van der Waals surface area contributed by atoms with Gasteiger partial charge in [-0.2, -0.15) is 0 Å². The summed E-state index contributed by atoms with van der Waals surface area (Å²) in [6, 6.07) is 3.46. The number of methoxy groups -OCH3 is 1. The molecule has 3 N–H and O–H groups in total. The molecule has 3 nitrogen and oxygen atoms in total. The first-order chi connectivity index (χ1) is 6.61. The second kappa shape index (κ2) is 4.53. The average Bonchev–Trinajstić information content (AvgIpc) is 2.20. The molecule has 14 heavy (non-hydrogen) atoms. The van der Waals surface area contributed by atoms with Gasteiger partial charge < -0.3 is 15.6 Å². The zero-order valence-corrected chi connectivity index (χ0v) is 9.01. The minimum Gasteiger partial charge on any atom is -0.503 e. The summed E-state index contributed by atoms with van der Waals surface area (Å²) in [5, 5.41) is 9.91. The van der Waals surface area contributed by atoms with Crippen molar-refractivity contribution >= 4 is 11.6 Å². The molecule has 0 aliphatic rings. The summed E-state index contributed by atoms with van der Waals surface area (Å²) in [6.45, 7) is 2.46. The van der Waals surface area contributed by atoms with Gasteiger partial charge >= 0.3 is 0 Å². The fourth-order valence-corrected chi connectivity index (χ4v) is 1.44. The highest BCUT2D eigenvalue weighted by Crippen LogP contribution is 2.39. The van der Waals surface area contributed by atoms with Crippen molar-refractivity contribution in [2.45, 2.75) is 12.8 Å². The predicted molar refractivity (Wildman–Crippen MR) is 57.1 cm³/mol. The van der Waals surface area contributed by atoms with Crippen LogP contribution >= 0.6 is 11.6 Å². The number of ether oxygens (including phenoxy) is 1. The Morgan fingerprint density at radius 3 is 2.71 bits per heavy atom. The third kappa shape index (κ3) is 1.94. The number of benzene rings is 1. The molecule has 78 valence electrons. The largest absolute Gasteiger partial charge is 0.503 e. The molecule has 0 saturated heterocycles. The SMILES string of the molecule is COc1c(C(C)CN)ccc(Cl)c1O. The van der Waals surface area contributed by atoms with Gasteiger partial charge in [0.05, 0.1) is 12.1 Å². The Hall–Kier alpha value is -0.930. The predicted octanol–water partition coefficient (Wildman–Crippen LogP) is 2.12. The molecule has 1 aromatic carbocycles. The third-order valence-corrected chi connectivity index (χ3v) is 2.51. The summed E-state index contributed by atoms with van der Waals surface area (Å²) in [7, 11) is 1.50. The monoisotopic (exact) mass is 215 g/mol. The second-order valence-electron chi connectivity index (χ2n) is 3.16. The molecule has 1 unspecified atom stereocenters.